The number of fused-ring (bicyclic) bond motifs is 1. The highest BCUT2D eigenvalue weighted by Gasteiger charge is 2.30. The van der Waals surface area contributed by atoms with Crippen LogP contribution in [0.2, 0.25) is 0 Å². The van der Waals surface area contributed by atoms with E-state index < -0.39 is 17.6 Å². The van der Waals surface area contributed by atoms with Gasteiger partial charge in [0, 0.05) is 11.1 Å². The molecule has 158 valence electrons. The first-order chi connectivity index (χ1) is 14.8. The van der Waals surface area contributed by atoms with Crippen LogP contribution in [0.3, 0.4) is 0 Å². The highest BCUT2D eigenvalue weighted by molar-refractivity contribution is 7.22. The molecule has 0 aliphatic heterocycles. The smallest absolute Gasteiger partial charge is 0.321 e. The van der Waals surface area contributed by atoms with Gasteiger partial charge in [-0.15, -0.1) is 11.3 Å². The van der Waals surface area contributed by atoms with Crippen molar-refractivity contribution in [2.75, 3.05) is 10.6 Å². The number of amides is 2. The second-order valence-corrected chi connectivity index (χ2v) is 8.20. The summed E-state index contributed by atoms with van der Waals surface area (Å²) in [6.45, 7) is 0. The first kappa shape index (κ1) is 20.9. The minimum absolute atomic E-state index is 0.213. The van der Waals surface area contributed by atoms with Gasteiger partial charge in [-0.25, -0.2) is 9.97 Å². The Morgan fingerprint density at radius 2 is 1.90 bits per heavy atom. The molecule has 11 heteroatoms. The third-order valence-electron chi connectivity index (χ3n) is 4.18. The van der Waals surface area contributed by atoms with E-state index in [0.29, 0.717) is 22.0 Å². The molecule has 31 heavy (non-hydrogen) atoms. The Kier molecular flexibility index (Phi) is 5.70. The number of rotatable bonds is 5. The molecule has 4 rings (SSSR count). The fourth-order valence-electron chi connectivity index (χ4n) is 2.78. The molecular formula is C20H13F3N4O2S2. The third-order valence-corrected chi connectivity index (χ3v) is 5.70. The maximum Gasteiger partial charge on any atom is 0.416 e. The van der Waals surface area contributed by atoms with Crippen LogP contribution in [0, 0.1) is 0 Å². The highest BCUT2D eigenvalue weighted by atomic mass is 32.1. The molecule has 0 bridgehead atoms. The Hall–Kier alpha value is -3.31. The Morgan fingerprint density at radius 1 is 1.06 bits per heavy atom. The number of thiazole rings is 2. The lowest BCUT2D eigenvalue weighted by Crippen LogP contribution is -2.15. The number of anilines is 2. The molecule has 4 aromatic rings. The number of nitrogens with one attached hydrogen (secondary N) is 2. The Labute approximate surface area is 181 Å². The molecule has 0 aliphatic rings. The fraction of sp³-hybridized carbons (Fsp3) is 0.100. The van der Waals surface area contributed by atoms with E-state index in [4.69, 9.17) is 0 Å². The van der Waals surface area contributed by atoms with Crippen LogP contribution < -0.4 is 10.6 Å². The van der Waals surface area contributed by atoms with Crippen LogP contribution in [-0.2, 0) is 17.4 Å². The number of halogens is 3. The number of hydrogen-bond donors (Lipinski definition) is 2. The van der Waals surface area contributed by atoms with Gasteiger partial charge in [0.05, 0.1) is 27.7 Å². The summed E-state index contributed by atoms with van der Waals surface area (Å²) in [5.41, 5.74) is 2.50. The van der Waals surface area contributed by atoms with E-state index in [-0.39, 0.29) is 17.9 Å². The first-order valence-electron chi connectivity index (χ1n) is 8.84. The Morgan fingerprint density at radius 3 is 2.65 bits per heavy atom. The molecule has 0 aliphatic carbocycles. The summed E-state index contributed by atoms with van der Waals surface area (Å²) in [4.78, 5) is 32.6. The fourth-order valence-corrected chi connectivity index (χ4v) is 4.24. The molecule has 2 heterocycles. The number of benzene rings is 2. The normalized spacial score (nSPS) is 11.5. The van der Waals surface area contributed by atoms with Crippen LogP contribution in [0.5, 0.6) is 0 Å². The second-order valence-electron chi connectivity index (χ2n) is 6.45. The van der Waals surface area contributed by atoms with E-state index in [2.05, 4.69) is 20.6 Å². The SMILES string of the molecule is O=C(Cc1cccc(C(F)(F)F)c1)Nc1nc2ccc(NC(=O)c3cscn3)cc2s1. The molecule has 2 N–H and O–H groups in total. The van der Waals surface area contributed by atoms with Crippen molar-refractivity contribution < 1.29 is 22.8 Å². The molecule has 0 saturated carbocycles. The van der Waals surface area contributed by atoms with Crippen LogP contribution in [0.4, 0.5) is 24.0 Å². The van der Waals surface area contributed by atoms with Gasteiger partial charge in [-0.05, 0) is 29.8 Å². The molecule has 2 aromatic heterocycles. The van der Waals surface area contributed by atoms with Crippen LogP contribution in [-0.4, -0.2) is 21.8 Å². The lowest BCUT2D eigenvalue weighted by atomic mass is 10.1. The van der Waals surface area contributed by atoms with Gasteiger partial charge in [-0.2, -0.15) is 13.2 Å². The average molecular weight is 462 g/mol. The van der Waals surface area contributed by atoms with E-state index >= 15 is 0 Å². The Balaban J connectivity index is 1.44. The molecule has 2 amide bonds. The standard InChI is InChI=1S/C20H13F3N4O2S2/c21-20(22,23)12-3-1-2-11(6-12)7-17(28)27-19-26-14-5-4-13(8-16(14)31-19)25-18(29)15-9-30-10-24-15/h1-6,8-10H,7H2,(H,25,29)(H,26,27,28). The lowest BCUT2D eigenvalue weighted by molar-refractivity contribution is -0.137. The van der Waals surface area contributed by atoms with Crippen LogP contribution in [0.15, 0.2) is 53.4 Å². The summed E-state index contributed by atoms with van der Waals surface area (Å²) < 4.78 is 39.2. The third kappa shape index (κ3) is 5.06. The number of alkyl halides is 3. The number of aromatic nitrogens is 2. The van der Waals surface area contributed by atoms with Gasteiger partial charge in [0.1, 0.15) is 5.69 Å². The first-order valence-corrected chi connectivity index (χ1v) is 10.6. The molecule has 0 radical (unpaired) electrons. The maximum atomic E-state index is 12.8. The average Bonchev–Trinajstić information content (AvgIpc) is 3.36. The summed E-state index contributed by atoms with van der Waals surface area (Å²) in [5.74, 6) is -0.810. The van der Waals surface area contributed by atoms with E-state index in [0.717, 1.165) is 16.8 Å². The minimum Gasteiger partial charge on any atom is -0.321 e. The largest absolute Gasteiger partial charge is 0.416 e. The van der Waals surface area contributed by atoms with Gasteiger partial charge in [-0.3, -0.25) is 9.59 Å². The van der Waals surface area contributed by atoms with Crippen molar-refractivity contribution in [3.8, 4) is 0 Å². The van der Waals surface area contributed by atoms with Crippen molar-refractivity contribution >= 4 is 55.5 Å². The second kappa shape index (κ2) is 8.44. The summed E-state index contributed by atoms with van der Waals surface area (Å²) in [5, 5.41) is 7.31. The van der Waals surface area contributed by atoms with E-state index in [1.54, 1.807) is 29.1 Å². The number of nitrogens with zero attached hydrogens (tertiary/aromatic N) is 2. The van der Waals surface area contributed by atoms with Crippen molar-refractivity contribution in [3.63, 3.8) is 0 Å². The molecule has 6 nitrogen and oxygen atoms in total. The lowest BCUT2D eigenvalue weighted by Gasteiger charge is -2.08. The molecule has 0 saturated heterocycles. The van der Waals surface area contributed by atoms with Crippen LogP contribution in [0.25, 0.3) is 10.2 Å². The number of carbonyl (C=O) groups excluding carboxylic acids is 2. The van der Waals surface area contributed by atoms with Crippen molar-refractivity contribution in [1.29, 1.82) is 0 Å². The molecule has 2 aromatic carbocycles. The van der Waals surface area contributed by atoms with Gasteiger partial charge >= 0.3 is 6.18 Å². The van der Waals surface area contributed by atoms with Crippen LogP contribution >= 0.6 is 22.7 Å². The Bertz CT molecular complexity index is 1250. The van der Waals surface area contributed by atoms with Crippen molar-refractivity contribution in [1.82, 2.24) is 9.97 Å². The predicted molar refractivity (Wildman–Crippen MR) is 113 cm³/mol. The highest BCUT2D eigenvalue weighted by Crippen LogP contribution is 2.30. The monoisotopic (exact) mass is 462 g/mol. The number of carbonyl (C=O) groups is 2. The van der Waals surface area contributed by atoms with Gasteiger partial charge in [-0.1, -0.05) is 29.5 Å². The van der Waals surface area contributed by atoms with Gasteiger partial charge in [0.2, 0.25) is 5.91 Å². The summed E-state index contributed by atoms with van der Waals surface area (Å²) in [6, 6.07) is 9.75. The van der Waals surface area contributed by atoms with Crippen LogP contribution in [0.1, 0.15) is 21.6 Å². The number of hydrogen-bond acceptors (Lipinski definition) is 6. The van der Waals surface area contributed by atoms with Gasteiger partial charge in [0.25, 0.3) is 5.91 Å². The summed E-state index contributed by atoms with van der Waals surface area (Å²) >= 11 is 2.51. The maximum absolute atomic E-state index is 12.8. The van der Waals surface area contributed by atoms with Gasteiger partial charge < -0.3 is 10.6 Å². The molecule has 0 spiro atoms. The van der Waals surface area contributed by atoms with Gasteiger partial charge in [0.15, 0.2) is 5.13 Å². The van der Waals surface area contributed by atoms with Crippen molar-refractivity contribution in [2.24, 2.45) is 0 Å². The van der Waals surface area contributed by atoms with E-state index in [1.807, 2.05) is 0 Å². The zero-order valence-corrected chi connectivity index (χ0v) is 17.2. The summed E-state index contributed by atoms with van der Waals surface area (Å²) in [6.07, 6.45) is -4.68. The zero-order chi connectivity index (χ0) is 22.0. The molecular weight excluding hydrogens is 449 g/mol. The van der Waals surface area contributed by atoms with Crippen molar-refractivity contribution in [3.05, 3.63) is 70.2 Å². The predicted octanol–water partition coefficient (Wildman–Crippen LogP) is 5.21. The minimum atomic E-state index is -4.47. The zero-order valence-electron chi connectivity index (χ0n) is 15.6. The molecule has 0 fully saturated rings. The van der Waals surface area contributed by atoms with Crippen molar-refractivity contribution in [2.45, 2.75) is 12.6 Å². The van der Waals surface area contributed by atoms with E-state index in [1.165, 1.54) is 34.8 Å². The molecule has 0 atom stereocenters. The quantitative estimate of drug-likeness (QED) is 0.427. The van der Waals surface area contributed by atoms with E-state index in [9.17, 15) is 22.8 Å². The molecule has 0 unspecified atom stereocenters. The topological polar surface area (TPSA) is 84.0 Å². The summed E-state index contributed by atoms with van der Waals surface area (Å²) in [7, 11) is 0.